The minimum atomic E-state index is -1.96. The molecule has 0 aliphatic rings. The van der Waals surface area contributed by atoms with Crippen LogP contribution in [-0.4, -0.2) is 0 Å². The molecular formula is C7H7Cl3S. The Morgan fingerprint density at radius 2 is 1.55 bits per heavy atom. The minimum Gasteiger partial charge on any atom is -0.0622 e. The Kier molecular flexibility index (Phi) is 3.38. The number of halogens is 3. The van der Waals surface area contributed by atoms with Crippen molar-refractivity contribution in [1.29, 1.82) is 0 Å². The molecule has 0 amide bonds. The first-order valence-electron chi connectivity index (χ1n) is 3.02. The summed E-state index contributed by atoms with van der Waals surface area (Å²) in [4.78, 5) is 0. The molecule has 0 fully saturated rings. The van der Waals surface area contributed by atoms with Gasteiger partial charge >= 0.3 is 0 Å². The van der Waals surface area contributed by atoms with Crippen molar-refractivity contribution in [3.8, 4) is 0 Å². The summed E-state index contributed by atoms with van der Waals surface area (Å²) in [6.07, 6.45) is 0. The van der Waals surface area contributed by atoms with E-state index in [0.717, 1.165) is 5.56 Å². The van der Waals surface area contributed by atoms with E-state index in [1.807, 2.05) is 30.3 Å². The second-order valence-electron chi connectivity index (χ2n) is 2.13. The smallest absolute Gasteiger partial charge is 0.0415 e. The van der Waals surface area contributed by atoms with E-state index in [0.29, 0.717) is 5.75 Å². The molecule has 0 unspecified atom stereocenters. The van der Waals surface area contributed by atoms with Gasteiger partial charge in [0.1, 0.15) is 0 Å². The van der Waals surface area contributed by atoms with Crippen LogP contribution in [0, 0.1) is 0 Å². The highest BCUT2D eigenvalue weighted by atomic mass is 36.2. The summed E-state index contributed by atoms with van der Waals surface area (Å²) in [5, 5.41) is 0. The third-order valence-electron chi connectivity index (χ3n) is 1.17. The first-order valence-corrected chi connectivity index (χ1v) is 7.30. The predicted octanol–water partition coefficient (Wildman–Crippen LogP) is 4.45. The Morgan fingerprint density at radius 3 is 2.00 bits per heavy atom. The van der Waals surface area contributed by atoms with Gasteiger partial charge in [0, 0.05) is 5.75 Å². The van der Waals surface area contributed by atoms with E-state index in [2.05, 4.69) is 0 Å². The van der Waals surface area contributed by atoms with E-state index >= 15 is 0 Å². The molecule has 0 radical (unpaired) electrons. The van der Waals surface area contributed by atoms with Gasteiger partial charge in [-0.2, -0.15) is 0 Å². The molecular weight excluding hydrogens is 223 g/mol. The van der Waals surface area contributed by atoms with Gasteiger partial charge in [0.15, 0.2) is 0 Å². The minimum absolute atomic E-state index is 0.540. The van der Waals surface area contributed by atoms with E-state index in [1.165, 1.54) is 0 Å². The van der Waals surface area contributed by atoms with Crippen molar-refractivity contribution in [2.24, 2.45) is 0 Å². The van der Waals surface area contributed by atoms with E-state index < -0.39 is 7.67 Å². The lowest BCUT2D eigenvalue weighted by molar-refractivity contribution is 1.42. The van der Waals surface area contributed by atoms with Crippen molar-refractivity contribution < 1.29 is 0 Å². The third kappa shape index (κ3) is 4.12. The first kappa shape index (κ1) is 9.53. The van der Waals surface area contributed by atoms with Gasteiger partial charge in [-0.15, -0.1) is 0 Å². The SMILES string of the molecule is ClS(Cl)(Cl)Cc1ccccc1. The lowest BCUT2D eigenvalue weighted by Crippen LogP contribution is -1.81. The van der Waals surface area contributed by atoms with Gasteiger partial charge in [-0.05, 0) is 45.3 Å². The van der Waals surface area contributed by atoms with E-state index in [-0.39, 0.29) is 0 Å². The number of hydrogen-bond donors (Lipinski definition) is 0. The third-order valence-corrected chi connectivity index (χ3v) is 2.82. The second kappa shape index (κ2) is 3.90. The van der Waals surface area contributed by atoms with Gasteiger partial charge in [0.05, 0.1) is 0 Å². The Labute approximate surface area is 81.3 Å². The van der Waals surface area contributed by atoms with E-state index in [9.17, 15) is 0 Å². The number of rotatable bonds is 2. The molecule has 0 nitrogen and oxygen atoms in total. The van der Waals surface area contributed by atoms with Gasteiger partial charge in [-0.3, -0.25) is 0 Å². The van der Waals surface area contributed by atoms with Gasteiger partial charge in [-0.1, -0.05) is 30.3 Å². The largest absolute Gasteiger partial charge is 0.0622 e. The molecule has 0 saturated carbocycles. The summed E-state index contributed by atoms with van der Waals surface area (Å²) in [5.41, 5.74) is 1.07. The molecule has 0 heterocycles. The average molecular weight is 230 g/mol. The topological polar surface area (TPSA) is 0 Å². The molecule has 1 rings (SSSR count). The highest BCUT2D eigenvalue weighted by Crippen LogP contribution is 2.65. The Bertz CT molecular complexity index is 217. The van der Waals surface area contributed by atoms with Crippen molar-refractivity contribution in [2.75, 3.05) is 0 Å². The molecule has 0 N–H and O–H groups in total. The van der Waals surface area contributed by atoms with Crippen LogP contribution in [0.25, 0.3) is 0 Å². The van der Waals surface area contributed by atoms with E-state index in [1.54, 1.807) is 0 Å². The molecule has 0 aliphatic heterocycles. The summed E-state index contributed by atoms with van der Waals surface area (Å²) in [5.74, 6) is 0.540. The molecule has 0 bridgehead atoms. The van der Waals surface area contributed by atoms with Crippen LogP contribution in [-0.2, 0) is 5.75 Å². The molecule has 4 heteroatoms. The van der Waals surface area contributed by atoms with Crippen LogP contribution in [0.4, 0.5) is 0 Å². The fourth-order valence-corrected chi connectivity index (χ4v) is 2.47. The van der Waals surface area contributed by atoms with Crippen molar-refractivity contribution in [2.45, 2.75) is 5.75 Å². The lowest BCUT2D eigenvalue weighted by Gasteiger charge is -2.14. The molecule has 0 aliphatic carbocycles. The normalized spacial score (nSPS) is 13.0. The maximum Gasteiger partial charge on any atom is 0.0415 e. The zero-order valence-electron chi connectivity index (χ0n) is 5.64. The standard InChI is InChI=1S/C7H7Cl3S/c8-11(9,10)6-7-4-2-1-3-5-7/h1-5H,6H2. The van der Waals surface area contributed by atoms with E-state index in [4.69, 9.17) is 32.0 Å². The molecule has 0 saturated heterocycles. The quantitative estimate of drug-likeness (QED) is 0.703. The van der Waals surface area contributed by atoms with Crippen LogP contribution < -0.4 is 0 Å². The fourth-order valence-electron chi connectivity index (χ4n) is 0.763. The van der Waals surface area contributed by atoms with Gasteiger partial charge < -0.3 is 0 Å². The highest BCUT2D eigenvalue weighted by molar-refractivity contribution is 8.78. The maximum absolute atomic E-state index is 5.68. The zero-order valence-corrected chi connectivity index (χ0v) is 8.72. The van der Waals surface area contributed by atoms with Crippen LogP contribution >= 0.6 is 39.7 Å². The van der Waals surface area contributed by atoms with Gasteiger partial charge in [-0.25, -0.2) is 0 Å². The molecule has 1 aromatic rings. The Balaban J connectivity index is 2.66. The number of hydrogen-bond acceptors (Lipinski definition) is 0. The lowest BCUT2D eigenvalue weighted by atomic mass is 10.2. The molecule has 62 valence electrons. The van der Waals surface area contributed by atoms with Crippen molar-refractivity contribution in [1.82, 2.24) is 0 Å². The molecule has 1 aromatic carbocycles. The van der Waals surface area contributed by atoms with Crippen LogP contribution in [0.15, 0.2) is 30.3 Å². The summed E-state index contributed by atoms with van der Waals surface area (Å²) in [6, 6.07) is 9.72. The molecule has 0 spiro atoms. The zero-order chi connectivity index (χ0) is 8.32. The van der Waals surface area contributed by atoms with Gasteiger partial charge in [0.25, 0.3) is 0 Å². The molecule has 0 atom stereocenters. The Hall–Kier alpha value is 0.440. The van der Waals surface area contributed by atoms with Crippen LogP contribution in [0.5, 0.6) is 0 Å². The van der Waals surface area contributed by atoms with Crippen LogP contribution in [0.2, 0.25) is 0 Å². The van der Waals surface area contributed by atoms with Crippen LogP contribution in [0.1, 0.15) is 5.56 Å². The monoisotopic (exact) mass is 228 g/mol. The summed E-state index contributed by atoms with van der Waals surface area (Å²) >= 11 is 0. The maximum atomic E-state index is 5.68. The van der Waals surface area contributed by atoms with Crippen molar-refractivity contribution in [3.63, 3.8) is 0 Å². The molecule has 11 heavy (non-hydrogen) atoms. The number of benzene rings is 1. The van der Waals surface area contributed by atoms with Crippen molar-refractivity contribution >= 4 is 39.7 Å². The summed E-state index contributed by atoms with van der Waals surface area (Å²) < 4.78 is 0. The fraction of sp³-hybridized carbons (Fsp3) is 0.143. The highest BCUT2D eigenvalue weighted by Gasteiger charge is 2.13. The summed E-state index contributed by atoms with van der Waals surface area (Å²) in [7, 11) is 15.1. The van der Waals surface area contributed by atoms with Crippen LogP contribution in [0.3, 0.4) is 0 Å². The predicted molar refractivity (Wildman–Crippen MR) is 55.3 cm³/mol. The Morgan fingerprint density at radius 1 is 1.00 bits per heavy atom. The second-order valence-corrected chi connectivity index (χ2v) is 9.59. The van der Waals surface area contributed by atoms with Crippen molar-refractivity contribution in [3.05, 3.63) is 35.9 Å². The average Bonchev–Trinajstić information content (AvgIpc) is 1.85. The van der Waals surface area contributed by atoms with Gasteiger partial charge in [0.2, 0.25) is 0 Å². The first-order chi connectivity index (χ1) is 5.08. The molecule has 0 aromatic heterocycles. The summed E-state index contributed by atoms with van der Waals surface area (Å²) in [6.45, 7) is 0.